The Kier molecular flexibility index (Phi) is 5.11. The quantitative estimate of drug-likeness (QED) is 0.741. The molecular weight excluding hydrogens is 222 g/mol. The summed E-state index contributed by atoms with van der Waals surface area (Å²) in [4.78, 5) is 13.8. The van der Waals surface area contributed by atoms with E-state index in [0.29, 0.717) is 17.9 Å². The fourth-order valence-electron chi connectivity index (χ4n) is 1.33. The number of likely N-dealkylation sites (N-methyl/N-ethyl adjacent to an activating group) is 1. The second kappa shape index (κ2) is 6.36. The molecule has 0 spiro atoms. The first-order chi connectivity index (χ1) is 8.10. The maximum absolute atomic E-state index is 11.7. The van der Waals surface area contributed by atoms with Crippen molar-refractivity contribution in [3.05, 3.63) is 17.0 Å². The van der Waals surface area contributed by atoms with E-state index in [-0.39, 0.29) is 18.2 Å². The lowest BCUT2D eigenvalue weighted by molar-refractivity contribution is 0.0940. The van der Waals surface area contributed by atoms with E-state index < -0.39 is 0 Å². The highest BCUT2D eigenvalue weighted by Gasteiger charge is 2.17. The normalized spacial score (nSPS) is 10.9. The Bertz CT molecular complexity index is 376. The molecule has 0 saturated carbocycles. The van der Waals surface area contributed by atoms with Crippen molar-refractivity contribution in [3.63, 3.8) is 0 Å². The molecule has 17 heavy (non-hydrogen) atoms. The number of nitrogens with zero attached hydrogens (tertiary/aromatic N) is 2. The Labute approximate surface area is 101 Å². The molecule has 1 rings (SSSR count). The summed E-state index contributed by atoms with van der Waals surface area (Å²) in [6.07, 6.45) is 0. The minimum atomic E-state index is -0.268. The molecule has 0 aliphatic carbocycles. The van der Waals surface area contributed by atoms with Crippen LogP contribution in [0.5, 0.6) is 0 Å². The minimum absolute atomic E-state index is 0.244. The molecule has 1 amide bonds. The number of aliphatic hydroxyl groups is 1. The molecule has 0 aliphatic rings. The molecule has 0 unspecified atom stereocenters. The highest BCUT2D eigenvalue weighted by atomic mass is 16.5. The van der Waals surface area contributed by atoms with Crippen LogP contribution in [0.15, 0.2) is 4.52 Å². The standard InChI is InChI=1S/C11H19N3O3/c1-4-14(3)6-5-12-11(16)10-8(2)9(7-15)17-13-10/h15H,4-7H2,1-3H3,(H,12,16). The molecule has 6 heteroatoms. The van der Waals surface area contributed by atoms with E-state index in [9.17, 15) is 4.79 Å². The number of carbonyl (C=O) groups excluding carboxylic acids is 1. The van der Waals surface area contributed by atoms with Crippen molar-refractivity contribution in [1.82, 2.24) is 15.4 Å². The number of aromatic nitrogens is 1. The topological polar surface area (TPSA) is 78.6 Å². The van der Waals surface area contributed by atoms with Crippen molar-refractivity contribution in [2.24, 2.45) is 0 Å². The van der Waals surface area contributed by atoms with E-state index in [1.165, 1.54) is 0 Å². The molecule has 2 N–H and O–H groups in total. The maximum atomic E-state index is 11.7. The molecule has 0 aliphatic heterocycles. The van der Waals surface area contributed by atoms with E-state index in [1.54, 1.807) is 6.92 Å². The van der Waals surface area contributed by atoms with Crippen molar-refractivity contribution in [2.45, 2.75) is 20.5 Å². The predicted molar refractivity (Wildman–Crippen MR) is 62.7 cm³/mol. The van der Waals surface area contributed by atoms with Gasteiger partial charge in [-0.05, 0) is 20.5 Å². The third-order valence-electron chi connectivity index (χ3n) is 2.70. The average Bonchev–Trinajstić information content (AvgIpc) is 2.70. The largest absolute Gasteiger partial charge is 0.388 e. The molecule has 96 valence electrons. The second-order valence-corrected chi connectivity index (χ2v) is 3.89. The number of rotatable bonds is 6. The first-order valence-electron chi connectivity index (χ1n) is 5.62. The van der Waals surface area contributed by atoms with Crippen LogP contribution in [0.3, 0.4) is 0 Å². The van der Waals surface area contributed by atoms with Gasteiger partial charge in [0.1, 0.15) is 6.61 Å². The first kappa shape index (κ1) is 13.7. The van der Waals surface area contributed by atoms with Gasteiger partial charge in [0.15, 0.2) is 11.5 Å². The van der Waals surface area contributed by atoms with Crippen LogP contribution in [0.25, 0.3) is 0 Å². The summed E-state index contributed by atoms with van der Waals surface area (Å²) >= 11 is 0. The fourth-order valence-corrected chi connectivity index (χ4v) is 1.33. The highest BCUT2D eigenvalue weighted by Crippen LogP contribution is 2.12. The van der Waals surface area contributed by atoms with Gasteiger partial charge in [0.25, 0.3) is 5.91 Å². The van der Waals surface area contributed by atoms with Gasteiger partial charge in [0, 0.05) is 18.7 Å². The third kappa shape index (κ3) is 3.54. The van der Waals surface area contributed by atoms with Crippen LogP contribution in [0.4, 0.5) is 0 Å². The van der Waals surface area contributed by atoms with Crippen LogP contribution in [0.2, 0.25) is 0 Å². The van der Waals surface area contributed by atoms with Crippen LogP contribution in [-0.4, -0.2) is 47.8 Å². The van der Waals surface area contributed by atoms with Crippen LogP contribution in [-0.2, 0) is 6.61 Å². The Hall–Kier alpha value is -1.40. The number of aliphatic hydroxyl groups excluding tert-OH is 1. The smallest absolute Gasteiger partial charge is 0.273 e. The predicted octanol–water partition coefficient (Wildman–Crippen LogP) is 0.157. The monoisotopic (exact) mass is 241 g/mol. The maximum Gasteiger partial charge on any atom is 0.273 e. The molecule has 0 saturated heterocycles. The SMILES string of the molecule is CCN(C)CCNC(=O)c1noc(CO)c1C. The Morgan fingerprint density at radius 2 is 2.29 bits per heavy atom. The van der Waals surface area contributed by atoms with E-state index in [4.69, 9.17) is 9.63 Å². The molecule has 0 aromatic carbocycles. The van der Waals surface area contributed by atoms with Crippen molar-refractivity contribution in [3.8, 4) is 0 Å². The molecule has 0 atom stereocenters. The zero-order valence-corrected chi connectivity index (χ0v) is 10.5. The van der Waals surface area contributed by atoms with Crippen LogP contribution in [0.1, 0.15) is 28.7 Å². The van der Waals surface area contributed by atoms with Gasteiger partial charge in [-0.15, -0.1) is 0 Å². The average molecular weight is 241 g/mol. The second-order valence-electron chi connectivity index (χ2n) is 3.89. The summed E-state index contributed by atoms with van der Waals surface area (Å²) in [7, 11) is 1.98. The summed E-state index contributed by atoms with van der Waals surface area (Å²) in [6.45, 7) is 5.79. The van der Waals surface area contributed by atoms with Crippen LogP contribution < -0.4 is 5.32 Å². The zero-order chi connectivity index (χ0) is 12.8. The number of amides is 1. The van der Waals surface area contributed by atoms with Gasteiger partial charge in [0.2, 0.25) is 0 Å². The lowest BCUT2D eigenvalue weighted by Gasteiger charge is -2.13. The Morgan fingerprint density at radius 1 is 1.59 bits per heavy atom. The molecular formula is C11H19N3O3. The molecule has 0 radical (unpaired) electrons. The summed E-state index contributed by atoms with van der Waals surface area (Å²) in [5.74, 6) is 0.0660. The van der Waals surface area contributed by atoms with Crippen LogP contribution in [0, 0.1) is 6.92 Å². The number of hydrogen-bond acceptors (Lipinski definition) is 5. The van der Waals surface area contributed by atoms with Crippen molar-refractivity contribution in [1.29, 1.82) is 0 Å². The van der Waals surface area contributed by atoms with E-state index in [1.807, 2.05) is 7.05 Å². The molecule has 1 heterocycles. The number of carbonyl (C=O) groups is 1. The van der Waals surface area contributed by atoms with Gasteiger partial charge in [-0.2, -0.15) is 0 Å². The molecule has 1 aromatic rings. The molecule has 0 fully saturated rings. The van der Waals surface area contributed by atoms with Crippen molar-refractivity contribution >= 4 is 5.91 Å². The summed E-state index contributed by atoms with van der Waals surface area (Å²) in [5.41, 5.74) is 0.835. The molecule has 0 bridgehead atoms. The van der Waals surface area contributed by atoms with Gasteiger partial charge < -0.3 is 19.8 Å². The lowest BCUT2D eigenvalue weighted by Crippen LogP contribution is -2.33. The molecule has 1 aromatic heterocycles. The Morgan fingerprint density at radius 3 is 2.82 bits per heavy atom. The van der Waals surface area contributed by atoms with E-state index >= 15 is 0 Å². The zero-order valence-electron chi connectivity index (χ0n) is 10.5. The minimum Gasteiger partial charge on any atom is -0.388 e. The van der Waals surface area contributed by atoms with E-state index in [0.717, 1.165) is 13.1 Å². The van der Waals surface area contributed by atoms with E-state index in [2.05, 4.69) is 22.3 Å². The fraction of sp³-hybridized carbons (Fsp3) is 0.636. The van der Waals surface area contributed by atoms with Crippen molar-refractivity contribution in [2.75, 3.05) is 26.7 Å². The van der Waals surface area contributed by atoms with Crippen LogP contribution >= 0.6 is 0 Å². The molecule has 6 nitrogen and oxygen atoms in total. The first-order valence-corrected chi connectivity index (χ1v) is 5.62. The van der Waals surface area contributed by atoms with Gasteiger partial charge in [-0.1, -0.05) is 12.1 Å². The van der Waals surface area contributed by atoms with Gasteiger partial charge in [-0.25, -0.2) is 0 Å². The lowest BCUT2D eigenvalue weighted by atomic mass is 10.2. The summed E-state index contributed by atoms with van der Waals surface area (Å²) in [5, 5.41) is 15.3. The number of hydrogen-bond donors (Lipinski definition) is 2. The highest BCUT2D eigenvalue weighted by molar-refractivity contribution is 5.93. The van der Waals surface area contributed by atoms with Gasteiger partial charge >= 0.3 is 0 Å². The Balaban J connectivity index is 2.50. The van der Waals surface area contributed by atoms with Crippen molar-refractivity contribution < 1.29 is 14.4 Å². The third-order valence-corrected chi connectivity index (χ3v) is 2.70. The summed E-state index contributed by atoms with van der Waals surface area (Å²) in [6, 6.07) is 0. The summed E-state index contributed by atoms with van der Waals surface area (Å²) < 4.78 is 4.84. The van der Waals surface area contributed by atoms with Gasteiger partial charge in [0.05, 0.1) is 0 Å². The van der Waals surface area contributed by atoms with Gasteiger partial charge in [-0.3, -0.25) is 4.79 Å². The number of nitrogens with one attached hydrogen (secondary N) is 1.